The van der Waals surface area contributed by atoms with Crippen LogP contribution in [0.25, 0.3) is 0 Å². The highest BCUT2D eigenvalue weighted by molar-refractivity contribution is 7.15. The van der Waals surface area contributed by atoms with E-state index in [-0.39, 0.29) is 0 Å². The van der Waals surface area contributed by atoms with E-state index < -0.39 is 0 Å². The van der Waals surface area contributed by atoms with Crippen molar-refractivity contribution in [2.45, 2.75) is 71.9 Å². The number of anilines is 1. The minimum Gasteiger partial charge on any atom is -0.345 e. The second kappa shape index (κ2) is 7.99. The van der Waals surface area contributed by atoms with Crippen molar-refractivity contribution in [1.29, 1.82) is 0 Å². The Morgan fingerprint density at radius 3 is 2.85 bits per heavy atom. The molecule has 2 heterocycles. The van der Waals surface area contributed by atoms with E-state index in [0.29, 0.717) is 6.04 Å². The molecule has 1 N–H and O–H groups in total. The average molecular weight is 295 g/mol. The number of nitrogens with one attached hydrogen (secondary N) is 1. The summed E-state index contributed by atoms with van der Waals surface area (Å²) in [6.07, 6.45) is 7.57. The number of rotatable bonds is 7. The summed E-state index contributed by atoms with van der Waals surface area (Å²) in [5.41, 5.74) is 1.33. The zero-order valence-electron chi connectivity index (χ0n) is 13.2. The molecule has 1 atom stereocenters. The van der Waals surface area contributed by atoms with E-state index in [1.165, 1.54) is 54.4 Å². The molecule has 114 valence electrons. The van der Waals surface area contributed by atoms with Crippen LogP contribution in [0.4, 0.5) is 5.13 Å². The molecule has 0 bridgehead atoms. The lowest BCUT2D eigenvalue weighted by Gasteiger charge is -2.35. The van der Waals surface area contributed by atoms with Crippen LogP contribution < -0.4 is 10.2 Å². The van der Waals surface area contributed by atoms with E-state index in [1.54, 1.807) is 0 Å². The molecule has 1 aliphatic heterocycles. The quantitative estimate of drug-likeness (QED) is 0.825. The Labute approximate surface area is 127 Å². The smallest absolute Gasteiger partial charge is 0.186 e. The maximum Gasteiger partial charge on any atom is 0.186 e. The zero-order valence-corrected chi connectivity index (χ0v) is 14.1. The van der Waals surface area contributed by atoms with E-state index in [1.807, 2.05) is 11.3 Å². The van der Waals surface area contributed by atoms with Crippen LogP contribution in [0.3, 0.4) is 0 Å². The third-order valence-corrected chi connectivity index (χ3v) is 5.27. The number of nitrogens with zero attached hydrogens (tertiary/aromatic N) is 2. The fraction of sp³-hybridized carbons (Fsp3) is 0.812. The van der Waals surface area contributed by atoms with Crippen molar-refractivity contribution in [2.75, 3.05) is 18.0 Å². The Hall–Kier alpha value is -0.610. The molecule has 3 nitrogen and oxygen atoms in total. The van der Waals surface area contributed by atoms with Crippen molar-refractivity contribution in [3.8, 4) is 0 Å². The Morgan fingerprint density at radius 1 is 1.30 bits per heavy atom. The van der Waals surface area contributed by atoms with Crippen molar-refractivity contribution < 1.29 is 0 Å². The van der Waals surface area contributed by atoms with Gasteiger partial charge in [0.05, 0.1) is 5.69 Å². The van der Waals surface area contributed by atoms with Gasteiger partial charge in [-0.25, -0.2) is 4.98 Å². The second-order valence-electron chi connectivity index (χ2n) is 5.65. The standard InChI is InChI=1S/C16H29N3S/c1-4-9-14-15(12-17-6-3)20-16(18-14)19-11-8-7-10-13(19)5-2/h13,17H,4-12H2,1-3H3. The van der Waals surface area contributed by atoms with Crippen molar-refractivity contribution in [3.63, 3.8) is 0 Å². The lowest BCUT2D eigenvalue weighted by molar-refractivity contribution is 0.449. The first-order valence-electron chi connectivity index (χ1n) is 8.26. The molecule has 1 unspecified atom stereocenters. The van der Waals surface area contributed by atoms with Gasteiger partial charge >= 0.3 is 0 Å². The van der Waals surface area contributed by atoms with Crippen LogP contribution in [-0.4, -0.2) is 24.1 Å². The molecule has 1 saturated heterocycles. The first-order chi connectivity index (χ1) is 9.80. The van der Waals surface area contributed by atoms with Crippen LogP contribution in [0.5, 0.6) is 0 Å². The van der Waals surface area contributed by atoms with Gasteiger partial charge in [0.2, 0.25) is 0 Å². The van der Waals surface area contributed by atoms with Gasteiger partial charge in [0, 0.05) is 24.0 Å². The van der Waals surface area contributed by atoms with E-state index in [0.717, 1.165) is 19.5 Å². The van der Waals surface area contributed by atoms with Gasteiger partial charge in [-0.2, -0.15) is 0 Å². The summed E-state index contributed by atoms with van der Waals surface area (Å²) in [6.45, 7) is 9.92. The van der Waals surface area contributed by atoms with E-state index >= 15 is 0 Å². The summed E-state index contributed by atoms with van der Waals surface area (Å²) < 4.78 is 0. The number of aryl methyl sites for hydroxylation is 1. The summed E-state index contributed by atoms with van der Waals surface area (Å²) in [5.74, 6) is 0. The van der Waals surface area contributed by atoms with Crippen LogP contribution in [0.2, 0.25) is 0 Å². The van der Waals surface area contributed by atoms with Crippen LogP contribution in [-0.2, 0) is 13.0 Å². The highest BCUT2D eigenvalue weighted by Crippen LogP contribution is 2.32. The van der Waals surface area contributed by atoms with Crippen molar-refractivity contribution in [3.05, 3.63) is 10.6 Å². The molecule has 1 aromatic heterocycles. The summed E-state index contributed by atoms with van der Waals surface area (Å²) in [7, 11) is 0. The molecule has 0 aromatic carbocycles. The van der Waals surface area contributed by atoms with E-state index in [4.69, 9.17) is 4.98 Å². The molecule has 1 aromatic rings. The molecule has 0 radical (unpaired) electrons. The van der Waals surface area contributed by atoms with Gasteiger partial charge in [-0.3, -0.25) is 0 Å². The summed E-state index contributed by atoms with van der Waals surface area (Å²) >= 11 is 1.92. The van der Waals surface area contributed by atoms with Gasteiger partial charge in [-0.05, 0) is 38.6 Å². The number of aromatic nitrogens is 1. The predicted molar refractivity (Wildman–Crippen MR) is 88.8 cm³/mol. The largest absolute Gasteiger partial charge is 0.345 e. The maximum absolute atomic E-state index is 4.98. The number of thiazole rings is 1. The molecule has 2 rings (SSSR count). The maximum atomic E-state index is 4.98. The molecule has 0 saturated carbocycles. The summed E-state index contributed by atoms with van der Waals surface area (Å²) in [5, 5.41) is 4.73. The van der Waals surface area contributed by atoms with Crippen molar-refractivity contribution >= 4 is 16.5 Å². The number of hydrogen-bond acceptors (Lipinski definition) is 4. The molecule has 20 heavy (non-hydrogen) atoms. The predicted octanol–water partition coefficient (Wildman–Crippen LogP) is 3.97. The van der Waals surface area contributed by atoms with Crippen LogP contribution >= 0.6 is 11.3 Å². The van der Waals surface area contributed by atoms with Gasteiger partial charge in [0.1, 0.15) is 0 Å². The highest BCUT2D eigenvalue weighted by Gasteiger charge is 2.24. The minimum absolute atomic E-state index is 0.705. The Bertz CT molecular complexity index is 402. The second-order valence-corrected chi connectivity index (χ2v) is 6.71. The number of hydrogen-bond donors (Lipinski definition) is 1. The Kier molecular flexibility index (Phi) is 6.30. The first kappa shape index (κ1) is 15.8. The summed E-state index contributed by atoms with van der Waals surface area (Å²) in [6, 6.07) is 0.705. The normalized spacial score (nSPS) is 19.6. The molecule has 0 spiro atoms. The molecule has 0 amide bonds. The Balaban J connectivity index is 2.17. The van der Waals surface area contributed by atoms with Gasteiger partial charge in [0.25, 0.3) is 0 Å². The van der Waals surface area contributed by atoms with Crippen LogP contribution in [0, 0.1) is 0 Å². The van der Waals surface area contributed by atoms with Gasteiger partial charge in [0.15, 0.2) is 5.13 Å². The molecular formula is C16H29N3S. The van der Waals surface area contributed by atoms with Gasteiger partial charge in [-0.15, -0.1) is 11.3 Å². The third-order valence-electron chi connectivity index (χ3n) is 4.13. The van der Waals surface area contributed by atoms with E-state index in [9.17, 15) is 0 Å². The Morgan fingerprint density at radius 2 is 2.15 bits per heavy atom. The fourth-order valence-electron chi connectivity index (χ4n) is 2.98. The van der Waals surface area contributed by atoms with Crippen molar-refractivity contribution in [1.82, 2.24) is 10.3 Å². The minimum atomic E-state index is 0.705. The average Bonchev–Trinajstić information content (AvgIpc) is 2.88. The summed E-state index contributed by atoms with van der Waals surface area (Å²) in [4.78, 5) is 9.00. The zero-order chi connectivity index (χ0) is 14.4. The molecule has 1 aliphatic rings. The van der Waals surface area contributed by atoms with E-state index in [2.05, 4.69) is 31.0 Å². The van der Waals surface area contributed by atoms with Crippen molar-refractivity contribution in [2.24, 2.45) is 0 Å². The lowest BCUT2D eigenvalue weighted by atomic mass is 10.0. The lowest BCUT2D eigenvalue weighted by Crippen LogP contribution is -2.39. The SMILES string of the molecule is CCCc1nc(N2CCCCC2CC)sc1CNCC. The molecular weight excluding hydrogens is 266 g/mol. The first-order valence-corrected chi connectivity index (χ1v) is 9.07. The molecule has 0 aliphatic carbocycles. The highest BCUT2D eigenvalue weighted by atomic mass is 32.1. The van der Waals surface area contributed by atoms with Crippen LogP contribution in [0.15, 0.2) is 0 Å². The van der Waals surface area contributed by atoms with Gasteiger partial charge < -0.3 is 10.2 Å². The molecule has 1 fully saturated rings. The monoisotopic (exact) mass is 295 g/mol. The fourth-order valence-corrected chi connectivity index (χ4v) is 4.15. The third kappa shape index (κ3) is 3.73. The topological polar surface area (TPSA) is 28.2 Å². The van der Waals surface area contributed by atoms with Crippen LogP contribution in [0.1, 0.15) is 63.4 Å². The number of piperidine rings is 1. The molecule has 4 heteroatoms. The van der Waals surface area contributed by atoms with Gasteiger partial charge in [-0.1, -0.05) is 27.2 Å².